The van der Waals surface area contributed by atoms with Crippen molar-refractivity contribution in [2.24, 2.45) is 11.0 Å². The predicted molar refractivity (Wildman–Crippen MR) is 98.5 cm³/mol. The van der Waals surface area contributed by atoms with Crippen LogP contribution in [-0.4, -0.2) is 35.1 Å². The van der Waals surface area contributed by atoms with Gasteiger partial charge in [-0.1, -0.05) is 43.5 Å². The lowest BCUT2D eigenvalue weighted by Crippen LogP contribution is -2.46. The molecule has 1 fully saturated rings. The number of amides is 2. The van der Waals surface area contributed by atoms with Gasteiger partial charge in [-0.05, 0) is 36.5 Å². The highest BCUT2D eigenvalue weighted by atomic mass is 35.5. The minimum absolute atomic E-state index is 0.0147. The Hall–Kier alpha value is -1.88. The monoisotopic (exact) mass is 361 g/mol. The van der Waals surface area contributed by atoms with Crippen molar-refractivity contribution in [2.75, 3.05) is 6.54 Å². The number of nitrogens with one attached hydrogen (secondary N) is 1. The lowest BCUT2D eigenvalue weighted by atomic mass is 9.86. The fraction of sp³-hybridized carbons (Fsp3) is 0.526. The van der Waals surface area contributed by atoms with E-state index in [1.54, 1.807) is 12.1 Å². The first-order chi connectivity index (χ1) is 12.0. The van der Waals surface area contributed by atoms with Gasteiger partial charge in [-0.15, -0.1) is 0 Å². The molecule has 25 heavy (non-hydrogen) atoms. The molecule has 1 aliphatic heterocycles. The maximum absolute atomic E-state index is 12.4. The first-order valence-corrected chi connectivity index (χ1v) is 9.34. The van der Waals surface area contributed by atoms with Crippen LogP contribution in [0.25, 0.3) is 0 Å². The third kappa shape index (κ3) is 4.60. The Kier molecular flexibility index (Phi) is 5.74. The molecular weight excluding hydrogens is 338 g/mol. The minimum Gasteiger partial charge on any atom is -0.351 e. The SMILES string of the molecule is C[C@H]1CCCC[C@@H]1NC(=O)CN1N=C(c2ccc(Cl)cc2)CCC1=O. The van der Waals surface area contributed by atoms with Gasteiger partial charge in [0.2, 0.25) is 11.8 Å². The molecule has 1 aromatic rings. The average molecular weight is 362 g/mol. The van der Waals surface area contributed by atoms with Crippen molar-refractivity contribution in [3.63, 3.8) is 0 Å². The van der Waals surface area contributed by atoms with E-state index in [1.807, 2.05) is 12.1 Å². The van der Waals surface area contributed by atoms with Gasteiger partial charge in [0.25, 0.3) is 0 Å². The largest absolute Gasteiger partial charge is 0.351 e. The highest BCUT2D eigenvalue weighted by Crippen LogP contribution is 2.24. The van der Waals surface area contributed by atoms with Crippen molar-refractivity contribution in [3.05, 3.63) is 34.9 Å². The molecule has 0 aromatic heterocycles. The second-order valence-corrected chi connectivity index (χ2v) is 7.38. The zero-order chi connectivity index (χ0) is 17.8. The van der Waals surface area contributed by atoms with E-state index in [-0.39, 0.29) is 24.4 Å². The van der Waals surface area contributed by atoms with E-state index < -0.39 is 0 Å². The summed E-state index contributed by atoms with van der Waals surface area (Å²) in [6.07, 6.45) is 5.49. The topological polar surface area (TPSA) is 61.8 Å². The van der Waals surface area contributed by atoms with Crippen molar-refractivity contribution >= 4 is 29.1 Å². The molecule has 0 spiro atoms. The van der Waals surface area contributed by atoms with E-state index in [0.717, 1.165) is 30.5 Å². The molecule has 1 N–H and O–H groups in total. The van der Waals surface area contributed by atoms with Gasteiger partial charge in [-0.3, -0.25) is 9.59 Å². The quantitative estimate of drug-likeness (QED) is 0.893. The fourth-order valence-electron chi connectivity index (χ4n) is 3.49. The lowest BCUT2D eigenvalue weighted by molar-refractivity contribution is -0.136. The summed E-state index contributed by atoms with van der Waals surface area (Å²) in [4.78, 5) is 24.5. The Labute approximate surface area is 153 Å². The highest BCUT2D eigenvalue weighted by molar-refractivity contribution is 6.30. The van der Waals surface area contributed by atoms with E-state index in [1.165, 1.54) is 11.4 Å². The van der Waals surface area contributed by atoms with Gasteiger partial charge < -0.3 is 5.32 Å². The van der Waals surface area contributed by atoms with Crippen LogP contribution in [0.2, 0.25) is 5.02 Å². The number of hydrogen-bond donors (Lipinski definition) is 1. The van der Waals surface area contributed by atoms with E-state index >= 15 is 0 Å². The van der Waals surface area contributed by atoms with Gasteiger partial charge in [-0.25, -0.2) is 5.01 Å². The number of hydrogen-bond acceptors (Lipinski definition) is 3. The molecular formula is C19H24ClN3O2. The molecule has 6 heteroatoms. The molecule has 1 aliphatic carbocycles. The molecule has 2 atom stereocenters. The Balaban J connectivity index is 1.65. The van der Waals surface area contributed by atoms with Crippen LogP contribution in [0.4, 0.5) is 0 Å². The molecule has 1 aromatic carbocycles. The maximum atomic E-state index is 12.4. The van der Waals surface area contributed by atoms with Crippen LogP contribution < -0.4 is 5.32 Å². The van der Waals surface area contributed by atoms with Crippen LogP contribution in [0.5, 0.6) is 0 Å². The second-order valence-electron chi connectivity index (χ2n) is 6.94. The molecule has 0 radical (unpaired) electrons. The van der Waals surface area contributed by atoms with Gasteiger partial charge in [-0.2, -0.15) is 5.10 Å². The maximum Gasteiger partial charge on any atom is 0.243 e. The summed E-state index contributed by atoms with van der Waals surface area (Å²) in [5, 5.41) is 9.45. The van der Waals surface area contributed by atoms with Crippen LogP contribution >= 0.6 is 11.6 Å². The fourth-order valence-corrected chi connectivity index (χ4v) is 3.62. The molecule has 0 unspecified atom stereocenters. The number of halogens is 1. The minimum atomic E-state index is -0.131. The van der Waals surface area contributed by atoms with E-state index in [2.05, 4.69) is 17.3 Å². The van der Waals surface area contributed by atoms with Crippen LogP contribution in [0.3, 0.4) is 0 Å². The highest BCUT2D eigenvalue weighted by Gasteiger charge is 2.26. The molecule has 5 nitrogen and oxygen atoms in total. The number of nitrogens with zero attached hydrogens (tertiary/aromatic N) is 2. The molecule has 1 saturated carbocycles. The van der Waals surface area contributed by atoms with E-state index in [0.29, 0.717) is 23.8 Å². The lowest BCUT2D eigenvalue weighted by Gasteiger charge is -2.30. The van der Waals surface area contributed by atoms with Gasteiger partial charge in [0.1, 0.15) is 6.54 Å². The van der Waals surface area contributed by atoms with E-state index in [4.69, 9.17) is 11.6 Å². The van der Waals surface area contributed by atoms with Crippen molar-refractivity contribution in [2.45, 2.75) is 51.5 Å². The second kappa shape index (κ2) is 8.00. The smallest absolute Gasteiger partial charge is 0.243 e. The number of benzene rings is 1. The Morgan fingerprint density at radius 3 is 2.68 bits per heavy atom. The zero-order valence-corrected chi connectivity index (χ0v) is 15.3. The van der Waals surface area contributed by atoms with Crippen LogP contribution in [-0.2, 0) is 9.59 Å². The van der Waals surface area contributed by atoms with Gasteiger partial charge in [0.05, 0.1) is 5.71 Å². The first-order valence-electron chi connectivity index (χ1n) is 8.96. The third-order valence-corrected chi connectivity index (χ3v) is 5.29. The van der Waals surface area contributed by atoms with Crippen LogP contribution in [0, 0.1) is 5.92 Å². The van der Waals surface area contributed by atoms with Gasteiger partial charge >= 0.3 is 0 Å². The molecule has 2 aliphatic rings. The number of carbonyl (C=O) groups is 2. The standard InChI is InChI=1S/C19H24ClN3O2/c1-13-4-2-3-5-16(13)21-18(24)12-23-19(25)11-10-17(22-23)14-6-8-15(20)9-7-14/h6-9,13,16H,2-5,10-12H2,1H3,(H,21,24)/t13-,16-/m0/s1. The molecule has 134 valence electrons. The van der Waals surface area contributed by atoms with Crippen LogP contribution in [0.15, 0.2) is 29.4 Å². The molecule has 3 rings (SSSR count). The summed E-state index contributed by atoms with van der Waals surface area (Å²) in [5.74, 6) is 0.251. The van der Waals surface area contributed by atoms with Crippen molar-refractivity contribution in [3.8, 4) is 0 Å². The average Bonchev–Trinajstić information content (AvgIpc) is 2.60. The Bertz CT molecular complexity index is 672. The molecule has 1 heterocycles. The summed E-state index contributed by atoms with van der Waals surface area (Å²) < 4.78 is 0. The number of carbonyl (C=O) groups excluding carboxylic acids is 2. The summed E-state index contributed by atoms with van der Waals surface area (Å²) in [6.45, 7) is 2.16. The van der Waals surface area contributed by atoms with Crippen molar-refractivity contribution < 1.29 is 9.59 Å². The molecule has 0 saturated heterocycles. The van der Waals surface area contributed by atoms with E-state index in [9.17, 15) is 9.59 Å². The normalized spacial score (nSPS) is 24.0. The summed E-state index contributed by atoms with van der Waals surface area (Å²) in [6, 6.07) is 7.59. The molecule has 2 amide bonds. The van der Waals surface area contributed by atoms with Gasteiger partial charge in [0, 0.05) is 23.9 Å². The van der Waals surface area contributed by atoms with Crippen molar-refractivity contribution in [1.82, 2.24) is 10.3 Å². The summed E-state index contributed by atoms with van der Waals surface area (Å²) in [7, 11) is 0. The first kappa shape index (κ1) is 17.9. The zero-order valence-electron chi connectivity index (χ0n) is 14.5. The molecule has 0 bridgehead atoms. The summed E-state index contributed by atoms with van der Waals surface area (Å²) in [5.41, 5.74) is 1.75. The van der Waals surface area contributed by atoms with Crippen LogP contribution in [0.1, 0.15) is 51.0 Å². The Morgan fingerprint density at radius 2 is 1.96 bits per heavy atom. The van der Waals surface area contributed by atoms with Gasteiger partial charge in [0.15, 0.2) is 0 Å². The number of rotatable bonds is 4. The Morgan fingerprint density at radius 1 is 1.24 bits per heavy atom. The predicted octanol–water partition coefficient (Wildman–Crippen LogP) is 3.36. The van der Waals surface area contributed by atoms with Crippen molar-refractivity contribution in [1.29, 1.82) is 0 Å². The third-order valence-electron chi connectivity index (χ3n) is 5.03. The number of hydrazone groups is 1. The summed E-state index contributed by atoms with van der Waals surface area (Å²) >= 11 is 5.92.